The van der Waals surface area contributed by atoms with Crippen LogP contribution in [0.15, 0.2) is 29.0 Å². The van der Waals surface area contributed by atoms with E-state index < -0.39 is 0 Å². The van der Waals surface area contributed by atoms with Gasteiger partial charge in [0.25, 0.3) is 0 Å². The molecule has 2 aromatic heterocycles. The van der Waals surface area contributed by atoms with Crippen molar-refractivity contribution < 1.29 is 4.74 Å². The predicted octanol–water partition coefficient (Wildman–Crippen LogP) is 1.63. The van der Waals surface area contributed by atoms with Crippen LogP contribution in [-0.2, 0) is 7.05 Å². The highest BCUT2D eigenvalue weighted by Crippen LogP contribution is 2.26. The van der Waals surface area contributed by atoms with Crippen molar-refractivity contribution in [1.29, 1.82) is 0 Å². The van der Waals surface area contributed by atoms with Crippen LogP contribution in [0.25, 0.3) is 0 Å². The van der Waals surface area contributed by atoms with Crippen molar-refractivity contribution in [3.8, 4) is 5.75 Å². The fourth-order valence-corrected chi connectivity index (χ4v) is 1.88. The van der Waals surface area contributed by atoms with E-state index in [0.717, 1.165) is 15.9 Å². The fourth-order valence-electron chi connectivity index (χ4n) is 1.65. The molecular formula is C11H13BrN4O. The third-order valence-corrected chi connectivity index (χ3v) is 3.00. The zero-order chi connectivity index (χ0) is 12.4. The van der Waals surface area contributed by atoms with Crippen LogP contribution in [-0.4, -0.2) is 21.9 Å². The number of methoxy groups -OCH3 is 1. The lowest BCUT2D eigenvalue weighted by Crippen LogP contribution is -2.18. The van der Waals surface area contributed by atoms with Gasteiger partial charge < -0.3 is 10.5 Å². The quantitative estimate of drug-likeness (QED) is 0.935. The Morgan fingerprint density at radius 3 is 2.76 bits per heavy atom. The zero-order valence-electron chi connectivity index (χ0n) is 9.59. The van der Waals surface area contributed by atoms with Crippen molar-refractivity contribution in [2.24, 2.45) is 12.8 Å². The summed E-state index contributed by atoms with van der Waals surface area (Å²) in [7, 11) is 3.43. The fraction of sp³-hybridized carbons (Fsp3) is 0.273. The predicted molar refractivity (Wildman–Crippen MR) is 67.7 cm³/mol. The van der Waals surface area contributed by atoms with Crippen LogP contribution in [0.2, 0.25) is 0 Å². The molecule has 0 aliphatic heterocycles. The molecule has 0 aromatic carbocycles. The Morgan fingerprint density at radius 1 is 1.41 bits per heavy atom. The van der Waals surface area contributed by atoms with Gasteiger partial charge in [-0.1, -0.05) is 0 Å². The minimum Gasteiger partial charge on any atom is -0.493 e. The molecule has 2 heterocycles. The highest BCUT2D eigenvalue weighted by Gasteiger charge is 2.19. The second-order valence-corrected chi connectivity index (χ2v) is 4.52. The van der Waals surface area contributed by atoms with Gasteiger partial charge in [-0.25, -0.2) is 0 Å². The lowest BCUT2D eigenvalue weighted by molar-refractivity contribution is 0.405. The van der Waals surface area contributed by atoms with Crippen LogP contribution in [0.5, 0.6) is 5.75 Å². The van der Waals surface area contributed by atoms with Crippen LogP contribution in [0.4, 0.5) is 0 Å². The average Bonchev–Trinajstić information content (AvgIpc) is 2.70. The monoisotopic (exact) mass is 296 g/mol. The van der Waals surface area contributed by atoms with E-state index in [1.807, 2.05) is 19.2 Å². The Balaban J connectivity index is 2.39. The van der Waals surface area contributed by atoms with E-state index in [-0.39, 0.29) is 6.04 Å². The zero-order valence-corrected chi connectivity index (χ0v) is 11.2. The molecule has 0 fully saturated rings. The molecule has 0 aliphatic rings. The van der Waals surface area contributed by atoms with Crippen molar-refractivity contribution in [3.05, 3.63) is 40.4 Å². The Labute approximate surface area is 108 Å². The van der Waals surface area contributed by atoms with Gasteiger partial charge in [-0.15, -0.1) is 0 Å². The average molecular weight is 297 g/mol. The molecule has 0 saturated carbocycles. The molecule has 0 saturated heterocycles. The van der Waals surface area contributed by atoms with Gasteiger partial charge in [0.15, 0.2) is 5.75 Å². The number of aromatic nitrogens is 3. The number of halogens is 1. The highest BCUT2D eigenvalue weighted by atomic mass is 79.9. The van der Waals surface area contributed by atoms with E-state index in [0.29, 0.717) is 5.75 Å². The van der Waals surface area contributed by atoms with Gasteiger partial charge in [0.1, 0.15) is 5.69 Å². The van der Waals surface area contributed by atoms with E-state index in [2.05, 4.69) is 26.0 Å². The highest BCUT2D eigenvalue weighted by molar-refractivity contribution is 9.10. The first-order valence-corrected chi connectivity index (χ1v) is 5.85. The molecule has 0 aliphatic carbocycles. The molecule has 1 atom stereocenters. The number of ether oxygens (including phenoxy) is 1. The minimum absolute atomic E-state index is 0.356. The smallest absolute Gasteiger partial charge is 0.161 e. The first kappa shape index (κ1) is 12.1. The van der Waals surface area contributed by atoms with E-state index in [4.69, 9.17) is 10.5 Å². The summed E-state index contributed by atoms with van der Waals surface area (Å²) in [5.74, 6) is 0.671. The maximum Gasteiger partial charge on any atom is 0.161 e. The van der Waals surface area contributed by atoms with Crippen LogP contribution in [0, 0.1) is 0 Å². The third kappa shape index (κ3) is 2.32. The molecule has 2 rings (SSSR count). The molecule has 5 nitrogen and oxygen atoms in total. The summed E-state index contributed by atoms with van der Waals surface area (Å²) in [4.78, 5) is 4.28. The number of rotatable bonds is 3. The summed E-state index contributed by atoms with van der Waals surface area (Å²) >= 11 is 3.34. The first-order chi connectivity index (χ1) is 8.13. The minimum atomic E-state index is -0.356. The molecule has 6 heteroatoms. The number of aryl methyl sites for hydroxylation is 1. The standard InChI is InChI=1S/C11H13BrN4O/c1-16-11(9(17-2)6-15-16)10(13)8-4-3-7(12)5-14-8/h3-6,10H,13H2,1-2H3. The van der Waals surface area contributed by atoms with E-state index in [1.165, 1.54) is 0 Å². The topological polar surface area (TPSA) is 66.0 Å². The number of hydrogen-bond donors (Lipinski definition) is 1. The second kappa shape index (κ2) is 4.85. The number of nitrogens with zero attached hydrogens (tertiary/aromatic N) is 3. The van der Waals surface area contributed by atoms with E-state index >= 15 is 0 Å². The summed E-state index contributed by atoms with van der Waals surface area (Å²) in [5.41, 5.74) is 7.75. The Hall–Kier alpha value is -1.40. The van der Waals surface area contributed by atoms with Crippen LogP contribution in [0.1, 0.15) is 17.4 Å². The van der Waals surface area contributed by atoms with Crippen molar-refractivity contribution in [3.63, 3.8) is 0 Å². The maximum atomic E-state index is 6.17. The van der Waals surface area contributed by atoms with Crippen molar-refractivity contribution in [2.75, 3.05) is 7.11 Å². The number of nitrogens with two attached hydrogens (primary N) is 1. The third-order valence-electron chi connectivity index (χ3n) is 2.53. The summed E-state index contributed by atoms with van der Waals surface area (Å²) in [6.45, 7) is 0. The van der Waals surface area contributed by atoms with Crippen LogP contribution < -0.4 is 10.5 Å². The molecule has 0 bridgehead atoms. The number of pyridine rings is 1. The summed E-state index contributed by atoms with van der Waals surface area (Å²) in [6, 6.07) is 3.43. The van der Waals surface area contributed by atoms with Gasteiger partial charge in [-0.2, -0.15) is 5.10 Å². The number of hydrogen-bond acceptors (Lipinski definition) is 4. The van der Waals surface area contributed by atoms with Crippen molar-refractivity contribution in [1.82, 2.24) is 14.8 Å². The van der Waals surface area contributed by atoms with Crippen LogP contribution >= 0.6 is 15.9 Å². The van der Waals surface area contributed by atoms with Gasteiger partial charge in [-0.3, -0.25) is 9.67 Å². The van der Waals surface area contributed by atoms with Gasteiger partial charge in [0, 0.05) is 17.7 Å². The lowest BCUT2D eigenvalue weighted by Gasteiger charge is -2.13. The van der Waals surface area contributed by atoms with E-state index in [9.17, 15) is 0 Å². The van der Waals surface area contributed by atoms with Crippen molar-refractivity contribution in [2.45, 2.75) is 6.04 Å². The first-order valence-electron chi connectivity index (χ1n) is 5.06. The maximum absolute atomic E-state index is 6.17. The molecule has 0 amide bonds. The van der Waals surface area contributed by atoms with Gasteiger partial charge in [0.2, 0.25) is 0 Å². The molecule has 17 heavy (non-hydrogen) atoms. The molecular weight excluding hydrogens is 284 g/mol. The van der Waals surface area contributed by atoms with Crippen LogP contribution in [0.3, 0.4) is 0 Å². The summed E-state index contributed by atoms with van der Waals surface area (Å²) in [6.07, 6.45) is 3.37. The SMILES string of the molecule is COc1cnn(C)c1C(N)c1ccc(Br)cn1. The largest absolute Gasteiger partial charge is 0.493 e. The second-order valence-electron chi connectivity index (χ2n) is 3.60. The molecule has 2 aromatic rings. The lowest BCUT2D eigenvalue weighted by atomic mass is 10.1. The molecule has 2 N–H and O–H groups in total. The van der Waals surface area contributed by atoms with Gasteiger partial charge >= 0.3 is 0 Å². The van der Waals surface area contributed by atoms with Gasteiger partial charge in [0.05, 0.1) is 25.0 Å². The Kier molecular flexibility index (Phi) is 3.44. The molecule has 0 spiro atoms. The Morgan fingerprint density at radius 2 is 2.18 bits per heavy atom. The summed E-state index contributed by atoms with van der Waals surface area (Å²) < 4.78 is 7.86. The van der Waals surface area contributed by atoms with Crippen molar-refractivity contribution >= 4 is 15.9 Å². The molecule has 0 radical (unpaired) electrons. The molecule has 90 valence electrons. The van der Waals surface area contributed by atoms with Gasteiger partial charge in [-0.05, 0) is 28.1 Å². The molecule has 1 unspecified atom stereocenters. The Bertz CT molecular complexity index is 509. The normalized spacial score (nSPS) is 12.5. The van der Waals surface area contributed by atoms with E-state index in [1.54, 1.807) is 24.2 Å². The summed E-state index contributed by atoms with van der Waals surface area (Å²) in [5, 5.41) is 4.13.